The van der Waals surface area contributed by atoms with Gasteiger partial charge in [-0.3, -0.25) is 9.59 Å². The summed E-state index contributed by atoms with van der Waals surface area (Å²) in [5.74, 6) is -0.0154. The number of nitrogens with one attached hydrogen (secondary N) is 1. The topological polar surface area (TPSA) is 62.6 Å². The fourth-order valence-corrected chi connectivity index (χ4v) is 2.72. The van der Waals surface area contributed by atoms with Gasteiger partial charge in [0.1, 0.15) is 11.6 Å². The van der Waals surface area contributed by atoms with Gasteiger partial charge in [0.15, 0.2) is 0 Å². The van der Waals surface area contributed by atoms with Gasteiger partial charge in [0.25, 0.3) is 5.91 Å². The lowest BCUT2D eigenvalue weighted by Crippen LogP contribution is -2.37. The second-order valence-electron chi connectivity index (χ2n) is 5.67. The smallest absolute Gasteiger partial charge is 0.255 e. The number of hydrogen-bond acceptors (Lipinski definition) is 3. The molecule has 2 aromatic rings. The molecule has 6 heteroatoms. The molecule has 2 heterocycles. The number of carbonyl (C=O) groups excluding carboxylic acids is 2. The van der Waals surface area contributed by atoms with Gasteiger partial charge in [-0.2, -0.15) is 0 Å². The Balaban J connectivity index is 1.60. The fourth-order valence-electron chi connectivity index (χ4n) is 2.72. The Morgan fingerprint density at radius 1 is 1.35 bits per heavy atom. The average Bonchev–Trinajstić information content (AvgIpc) is 3.08. The van der Waals surface area contributed by atoms with Gasteiger partial charge in [0, 0.05) is 19.5 Å². The summed E-state index contributed by atoms with van der Waals surface area (Å²) < 4.78 is 18.0. The molecule has 0 saturated carbocycles. The van der Waals surface area contributed by atoms with Gasteiger partial charge in [0.2, 0.25) is 5.91 Å². The quantitative estimate of drug-likeness (QED) is 0.941. The van der Waals surface area contributed by atoms with Crippen molar-refractivity contribution < 1.29 is 18.4 Å². The van der Waals surface area contributed by atoms with E-state index >= 15 is 0 Å². The van der Waals surface area contributed by atoms with Gasteiger partial charge in [-0.25, -0.2) is 4.39 Å². The molecule has 1 aliphatic heterocycles. The van der Waals surface area contributed by atoms with Crippen LogP contribution in [0.1, 0.15) is 28.1 Å². The van der Waals surface area contributed by atoms with Crippen LogP contribution in [0.25, 0.3) is 0 Å². The highest BCUT2D eigenvalue weighted by molar-refractivity contribution is 5.95. The van der Waals surface area contributed by atoms with E-state index in [1.54, 1.807) is 30.0 Å². The number of furan rings is 1. The zero-order valence-corrected chi connectivity index (χ0v) is 12.7. The molecule has 1 aromatic heterocycles. The summed E-state index contributed by atoms with van der Waals surface area (Å²) in [6.45, 7) is 2.57. The summed E-state index contributed by atoms with van der Waals surface area (Å²) in [5, 5.41) is 2.86. The molecule has 120 valence electrons. The number of benzene rings is 1. The number of nitrogens with zero attached hydrogens (tertiary/aromatic N) is 1. The largest absolute Gasteiger partial charge is 0.469 e. The van der Waals surface area contributed by atoms with E-state index in [1.165, 1.54) is 18.4 Å². The lowest BCUT2D eigenvalue weighted by molar-refractivity contribution is -0.128. The van der Waals surface area contributed by atoms with E-state index < -0.39 is 0 Å². The summed E-state index contributed by atoms with van der Waals surface area (Å²) in [4.78, 5) is 25.9. The standard InChI is InChI=1S/C17H17FN2O3/c1-11-15(6-7-23-11)17(22)19-14-8-16(21)20(10-14)9-12-2-4-13(18)5-3-12/h2-7,14H,8-10H2,1H3,(H,19,22). The van der Waals surface area contributed by atoms with E-state index in [4.69, 9.17) is 4.42 Å². The van der Waals surface area contributed by atoms with Crippen LogP contribution in [0.4, 0.5) is 4.39 Å². The summed E-state index contributed by atoms with van der Waals surface area (Å²) in [6.07, 6.45) is 1.73. The Morgan fingerprint density at radius 3 is 2.74 bits per heavy atom. The van der Waals surface area contributed by atoms with Crippen molar-refractivity contribution in [2.24, 2.45) is 0 Å². The summed E-state index contributed by atoms with van der Waals surface area (Å²) in [7, 11) is 0. The van der Waals surface area contributed by atoms with Crippen LogP contribution >= 0.6 is 0 Å². The average molecular weight is 316 g/mol. The van der Waals surface area contributed by atoms with Crippen molar-refractivity contribution in [2.45, 2.75) is 25.9 Å². The van der Waals surface area contributed by atoms with Crippen molar-refractivity contribution in [2.75, 3.05) is 6.54 Å². The Bertz CT molecular complexity index is 724. The molecule has 1 aromatic carbocycles. The van der Waals surface area contributed by atoms with Crippen LogP contribution in [0.3, 0.4) is 0 Å². The van der Waals surface area contributed by atoms with Crippen molar-refractivity contribution in [1.82, 2.24) is 10.2 Å². The molecule has 5 nitrogen and oxygen atoms in total. The molecule has 3 rings (SSSR count). The van der Waals surface area contributed by atoms with Gasteiger partial charge in [-0.05, 0) is 30.7 Å². The number of rotatable bonds is 4. The van der Waals surface area contributed by atoms with Crippen LogP contribution < -0.4 is 5.32 Å². The maximum atomic E-state index is 12.9. The van der Waals surface area contributed by atoms with E-state index in [9.17, 15) is 14.0 Å². The first-order valence-corrected chi connectivity index (χ1v) is 7.40. The number of likely N-dealkylation sites (tertiary alicyclic amines) is 1. The minimum Gasteiger partial charge on any atom is -0.469 e. The number of carbonyl (C=O) groups is 2. The maximum Gasteiger partial charge on any atom is 0.255 e. The third-order valence-corrected chi connectivity index (χ3v) is 3.94. The van der Waals surface area contributed by atoms with Crippen LogP contribution in [0.15, 0.2) is 41.0 Å². The minimum absolute atomic E-state index is 0.0245. The third-order valence-electron chi connectivity index (χ3n) is 3.94. The van der Waals surface area contributed by atoms with Crippen LogP contribution in [0.2, 0.25) is 0 Å². The molecule has 1 fully saturated rings. The number of hydrogen-bond donors (Lipinski definition) is 1. The van der Waals surface area contributed by atoms with Crippen molar-refractivity contribution >= 4 is 11.8 Å². The summed E-state index contributed by atoms with van der Waals surface area (Å²) in [6, 6.07) is 7.43. The zero-order chi connectivity index (χ0) is 16.4. The van der Waals surface area contributed by atoms with Crippen LogP contribution in [-0.4, -0.2) is 29.3 Å². The molecule has 1 unspecified atom stereocenters. The second kappa shape index (κ2) is 6.24. The molecule has 0 radical (unpaired) electrons. The van der Waals surface area contributed by atoms with E-state index in [0.29, 0.717) is 24.4 Å². The summed E-state index contributed by atoms with van der Waals surface area (Å²) in [5.41, 5.74) is 1.34. The van der Waals surface area contributed by atoms with Crippen molar-refractivity contribution in [1.29, 1.82) is 0 Å². The Kier molecular flexibility index (Phi) is 4.14. The molecule has 0 aliphatic carbocycles. The number of halogens is 1. The maximum absolute atomic E-state index is 12.9. The first-order valence-electron chi connectivity index (χ1n) is 7.40. The van der Waals surface area contributed by atoms with Crippen molar-refractivity contribution in [3.05, 3.63) is 59.3 Å². The first kappa shape index (κ1) is 15.3. The third kappa shape index (κ3) is 3.41. The van der Waals surface area contributed by atoms with E-state index in [2.05, 4.69) is 5.32 Å². The van der Waals surface area contributed by atoms with E-state index in [0.717, 1.165) is 5.56 Å². The molecule has 2 amide bonds. The van der Waals surface area contributed by atoms with Crippen molar-refractivity contribution in [3.8, 4) is 0 Å². The fraction of sp³-hybridized carbons (Fsp3) is 0.294. The highest BCUT2D eigenvalue weighted by Gasteiger charge is 2.31. The minimum atomic E-state index is -0.304. The molecule has 0 bridgehead atoms. The molecular weight excluding hydrogens is 299 g/mol. The Labute approximate surface area is 133 Å². The second-order valence-corrected chi connectivity index (χ2v) is 5.67. The predicted molar refractivity (Wildman–Crippen MR) is 81.1 cm³/mol. The molecule has 23 heavy (non-hydrogen) atoms. The molecule has 1 saturated heterocycles. The lowest BCUT2D eigenvalue weighted by atomic mass is 10.2. The Morgan fingerprint density at radius 2 is 2.09 bits per heavy atom. The van der Waals surface area contributed by atoms with Gasteiger partial charge in [-0.15, -0.1) is 0 Å². The predicted octanol–water partition coefficient (Wildman–Crippen LogP) is 2.26. The van der Waals surface area contributed by atoms with Crippen molar-refractivity contribution in [3.63, 3.8) is 0 Å². The van der Waals surface area contributed by atoms with Gasteiger partial charge in [0.05, 0.1) is 17.9 Å². The number of aryl methyl sites for hydroxylation is 1. The molecule has 1 atom stereocenters. The Hall–Kier alpha value is -2.63. The van der Waals surface area contributed by atoms with Crippen LogP contribution in [0.5, 0.6) is 0 Å². The van der Waals surface area contributed by atoms with Crippen LogP contribution in [0, 0.1) is 12.7 Å². The van der Waals surface area contributed by atoms with E-state index in [-0.39, 0.29) is 30.1 Å². The van der Waals surface area contributed by atoms with Gasteiger partial charge >= 0.3 is 0 Å². The molecule has 0 spiro atoms. The van der Waals surface area contributed by atoms with Gasteiger partial charge < -0.3 is 14.6 Å². The highest BCUT2D eigenvalue weighted by atomic mass is 19.1. The monoisotopic (exact) mass is 316 g/mol. The zero-order valence-electron chi connectivity index (χ0n) is 12.7. The number of amides is 2. The first-order chi connectivity index (χ1) is 11.0. The molecule has 1 N–H and O–H groups in total. The molecule has 1 aliphatic rings. The normalized spacial score (nSPS) is 17.6. The highest BCUT2D eigenvalue weighted by Crippen LogP contribution is 2.17. The lowest BCUT2D eigenvalue weighted by Gasteiger charge is -2.17. The van der Waals surface area contributed by atoms with Crippen LogP contribution in [-0.2, 0) is 11.3 Å². The SMILES string of the molecule is Cc1occc1C(=O)NC1CC(=O)N(Cc2ccc(F)cc2)C1. The summed E-state index contributed by atoms with van der Waals surface area (Å²) >= 11 is 0. The van der Waals surface area contributed by atoms with E-state index in [1.807, 2.05) is 0 Å². The molecular formula is C17H17FN2O3. The van der Waals surface area contributed by atoms with Gasteiger partial charge in [-0.1, -0.05) is 12.1 Å².